The zero-order valence-corrected chi connectivity index (χ0v) is 12.0. The molecule has 0 bridgehead atoms. The molecule has 0 spiro atoms. The van der Waals surface area contributed by atoms with E-state index in [1.54, 1.807) is 0 Å². The smallest absolute Gasteiger partial charge is 0.312 e. The maximum absolute atomic E-state index is 11.9. The van der Waals surface area contributed by atoms with Gasteiger partial charge in [0, 0.05) is 52.4 Å². The van der Waals surface area contributed by atoms with E-state index in [4.69, 9.17) is 4.74 Å². The third-order valence-electron chi connectivity index (χ3n) is 4.95. The van der Waals surface area contributed by atoms with Crippen LogP contribution in [-0.4, -0.2) is 85.0 Å². The molecule has 0 radical (unpaired) electrons. The van der Waals surface area contributed by atoms with Gasteiger partial charge in [-0.2, -0.15) is 0 Å². The molecule has 110 valence electrons. The molecule has 4 rings (SSSR count). The number of nitrogens with zero attached hydrogens (tertiary/aromatic N) is 4. The number of hydrogen-bond donors (Lipinski definition) is 0. The Balaban J connectivity index is 1.68. The second-order valence-corrected chi connectivity index (χ2v) is 6.09. The highest BCUT2D eigenvalue weighted by Crippen LogP contribution is 2.35. The lowest BCUT2D eigenvalue weighted by Crippen LogP contribution is -2.63. The SMILES string of the molecule is COC(=O)C1CN2CCN3CCCN4CCN(C1)C2=C34. The molecule has 4 aliphatic heterocycles. The Bertz CT molecular complexity index is 434. The number of carbonyl (C=O) groups excluding carboxylic acids is 1. The van der Waals surface area contributed by atoms with Crippen molar-refractivity contribution in [2.24, 2.45) is 5.92 Å². The van der Waals surface area contributed by atoms with Gasteiger partial charge in [-0.15, -0.1) is 0 Å². The molecule has 0 N–H and O–H groups in total. The fourth-order valence-corrected chi connectivity index (χ4v) is 4.02. The summed E-state index contributed by atoms with van der Waals surface area (Å²) in [5, 5.41) is 0. The van der Waals surface area contributed by atoms with Crippen molar-refractivity contribution < 1.29 is 9.53 Å². The summed E-state index contributed by atoms with van der Waals surface area (Å²) in [6.45, 7) is 8.18. The molecule has 0 atom stereocenters. The standard InChI is InChI=1S/C14H22N4O2/c1-20-14(19)11-9-17-7-5-15-3-2-4-16-6-8-18(10-11)13(17)12(15)16/h11H,2-10H2,1H3. The van der Waals surface area contributed by atoms with Gasteiger partial charge < -0.3 is 24.3 Å². The number of rotatable bonds is 1. The summed E-state index contributed by atoms with van der Waals surface area (Å²) in [6.07, 6.45) is 1.27. The third-order valence-corrected chi connectivity index (χ3v) is 4.95. The predicted octanol–water partition coefficient (Wildman–Crippen LogP) is -0.445. The summed E-state index contributed by atoms with van der Waals surface area (Å²) in [5.74, 6) is 2.70. The van der Waals surface area contributed by atoms with Crippen LogP contribution in [-0.2, 0) is 9.53 Å². The van der Waals surface area contributed by atoms with Crippen molar-refractivity contribution in [3.63, 3.8) is 0 Å². The first-order chi connectivity index (χ1) is 9.78. The predicted molar refractivity (Wildman–Crippen MR) is 73.4 cm³/mol. The van der Waals surface area contributed by atoms with Crippen molar-refractivity contribution in [3.8, 4) is 0 Å². The topological polar surface area (TPSA) is 39.3 Å². The van der Waals surface area contributed by atoms with Gasteiger partial charge >= 0.3 is 5.97 Å². The zero-order chi connectivity index (χ0) is 13.7. The normalized spacial score (nSPS) is 25.9. The van der Waals surface area contributed by atoms with E-state index in [2.05, 4.69) is 19.6 Å². The lowest BCUT2D eigenvalue weighted by Gasteiger charge is -2.56. The van der Waals surface area contributed by atoms with E-state index >= 15 is 0 Å². The number of esters is 1. The van der Waals surface area contributed by atoms with E-state index in [0.717, 1.165) is 39.3 Å². The molecule has 0 saturated carbocycles. The van der Waals surface area contributed by atoms with Crippen molar-refractivity contribution in [2.75, 3.05) is 59.5 Å². The molecular weight excluding hydrogens is 256 g/mol. The third kappa shape index (κ3) is 1.66. The van der Waals surface area contributed by atoms with Gasteiger partial charge in [0.1, 0.15) is 11.6 Å². The molecule has 2 saturated heterocycles. The Morgan fingerprint density at radius 1 is 0.900 bits per heavy atom. The minimum atomic E-state index is -0.0671. The molecule has 2 fully saturated rings. The summed E-state index contributed by atoms with van der Waals surface area (Å²) in [7, 11) is 1.49. The van der Waals surface area contributed by atoms with Gasteiger partial charge in [-0.05, 0) is 6.42 Å². The summed E-state index contributed by atoms with van der Waals surface area (Å²) in [5.41, 5.74) is 0. The average molecular weight is 278 g/mol. The zero-order valence-electron chi connectivity index (χ0n) is 12.0. The molecule has 0 aromatic carbocycles. The molecule has 4 heterocycles. The molecule has 6 nitrogen and oxygen atoms in total. The Morgan fingerprint density at radius 2 is 1.40 bits per heavy atom. The summed E-state index contributed by atoms with van der Waals surface area (Å²) in [4.78, 5) is 21.7. The largest absolute Gasteiger partial charge is 0.469 e. The first kappa shape index (κ1) is 12.2. The first-order valence-corrected chi connectivity index (χ1v) is 7.60. The van der Waals surface area contributed by atoms with Crippen LogP contribution in [0.3, 0.4) is 0 Å². The van der Waals surface area contributed by atoms with Crippen LogP contribution in [0.1, 0.15) is 6.42 Å². The van der Waals surface area contributed by atoms with Crippen molar-refractivity contribution >= 4 is 5.97 Å². The highest BCUT2D eigenvalue weighted by Gasteiger charge is 2.43. The van der Waals surface area contributed by atoms with Crippen molar-refractivity contribution in [1.82, 2.24) is 19.6 Å². The number of methoxy groups -OCH3 is 1. The molecule has 20 heavy (non-hydrogen) atoms. The van der Waals surface area contributed by atoms with Gasteiger partial charge in [0.25, 0.3) is 0 Å². The van der Waals surface area contributed by atoms with Gasteiger partial charge in [-0.1, -0.05) is 0 Å². The van der Waals surface area contributed by atoms with Gasteiger partial charge in [0.15, 0.2) is 0 Å². The molecule has 6 heteroatoms. The summed E-state index contributed by atoms with van der Waals surface area (Å²) >= 11 is 0. The van der Waals surface area contributed by atoms with Crippen molar-refractivity contribution in [3.05, 3.63) is 11.6 Å². The summed E-state index contributed by atoms with van der Waals surface area (Å²) < 4.78 is 4.95. The van der Waals surface area contributed by atoms with Crippen molar-refractivity contribution in [1.29, 1.82) is 0 Å². The highest BCUT2D eigenvalue weighted by molar-refractivity contribution is 5.73. The molecular formula is C14H22N4O2. The van der Waals surface area contributed by atoms with Crippen molar-refractivity contribution in [2.45, 2.75) is 6.42 Å². The van der Waals surface area contributed by atoms with Crippen LogP contribution >= 0.6 is 0 Å². The molecule has 4 aliphatic rings. The Hall–Kier alpha value is -1.59. The fourth-order valence-electron chi connectivity index (χ4n) is 4.02. The Labute approximate surface area is 119 Å². The number of ether oxygens (including phenoxy) is 1. The van der Waals surface area contributed by atoms with E-state index in [9.17, 15) is 4.79 Å². The fraction of sp³-hybridized carbons (Fsp3) is 0.786. The molecule has 0 amide bonds. The van der Waals surface area contributed by atoms with E-state index in [0.29, 0.717) is 0 Å². The van der Waals surface area contributed by atoms with Gasteiger partial charge in [-0.25, -0.2) is 0 Å². The monoisotopic (exact) mass is 278 g/mol. The van der Waals surface area contributed by atoms with Crippen LogP contribution in [0, 0.1) is 5.92 Å². The lowest BCUT2D eigenvalue weighted by atomic mass is 10.0. The lowest BCUT2D eigenvalue weighted by molar-refractivity contribution is -0.148. The second kappa shape index (κ2) is 4.46. The van der Waals surface area contributed by atoms with Gasteiger partial charge in [-0.3, -0.25) is 4.79 Å². The Kier molecular flexibility index (Phi) is 2.72. The van der Waals surface area contributed by atoms with E-state index < -0.39 is 0 Å². The van der Waals surface area contributed by atoms with E-state index in [1.165, 1.54) is 38.3 Å². The van der Waals surface area contributed by atoms with Crippen LogP contribution in [0.25, 0.3) is 0 Å². The minimum Gasteiger partial charge on any atom is -0.469 e. The van der Waals surface area contributed by atoms with Crippen LogP contribution in [0.15, 0.2) is 11.6 Å². The van der Waals surface area contributed by atoms with Gasteiger partial charge in [0.05, 0.1) is 13.0 Å². The highest BCUT2D eigenvalue weighted by atomic mass is 16.5. The van der Waals surface area contributed by atoms with Crippen LogP contribution < -0.4 is 0 Å². The van der Waals surface area contributed by atoms with Crippen LogP contribution in [0.5, 0.6) is 0 Å². The molecule has 0 aromatic heterocycles. The van der Waals surface area contributed by atoms with Crippen LogP contribution in [0.4, 0.5) is 0 Å². The second-order valence-electron chi connectivity index (χ2n) is 6.09. The molecule has 0 aromatic rings. The maximum atomic E-state index is 11.9. The molecule has 0 unspecified atom stereocenters. The number of hydrogen-bond acceptors (Lipinski definition) is 6. The average Bonchev–Trinajstić information content (AvgIpc) is 2.51. The first-order valence-electron chi connectivity index (χ1n) is 7.60. The van der Waals surface area contributed by atoms with Gasteiger partial charge in [0.2, 0.25) is 0 Å². The number of carbonyl (C=O) groups is 1. The quantitative estimate of drug-likeness (QED) is 0.605. The van der Waals surface area contributed by atoms with E-state index in [1.807, 2.05) is 0 Å². The molecule has 0 aliphatic carbocycles. The maximum Gasteiger partial charge on any atom is 0.312 e. The van der Waals surface area contributed by atoms with Crippen LogP contribution in [0.2, 0.25) is 0 Å². The minimum absolute atomic E-state index is 0.00830. The summed E-state index contributed by atoms with van der Waals surface area (Å²) in [6, 6.07) is 0. The van der Waals surface area contributed by atoms with E-state index in [-0.39, 0.29) is 11.9 Å². The Morgan fingerprint density at radius 3 is 1.95 bits per heavy atom.